The highest BCUT2D eigenvalue weighted by atomic mass is 127. The third-order valence-corrected chi connectivity index (χ3v) is 5.02. The van der Waals surface area contributed by atoms with Crippen LogP contribution in [0.25, 0.3) is 0 Å². The Morgan fingerprint density at radius 2 is 2.05 bits per heavy atom. The monoisotopic (exact) mass is 429 g/mol. The highest BCUT2D eigenvalue weighted by molar-refractivity contribution is 14.1. The Bertz CT molecular complexity index is 663. The lowest BCUT2D eigenvalue weighted by molar-refractivity contribution is 0.0955. The Morgan fingerprint density at radius 1 is 1.27 bits per heavy atom. The number of carbonyl (C=O) groups is 1. The van der Waals surface area contributed by atoms with Gasteiger partial charge in [0.1, 0.15) is 5.82 Å². The zero-order chi connectivity index (χ0) is 15.9. The first-order chi connectivity index (χ1) is 10.6. The second-order valence-electron chi connectivity index (χ2n) is 4.88. The van der Waals surface area contributed by atoms with E-state index in [4.69, 9.17) is 0 Å². The predicted octanol–water partition coefficient (Wildman–Crippen LogP) is 4.40. The van der Waals surface area contributed by atoms with Crippen molar-refractivity contribution in [3.05, 3.63) is 68.5 Å². The highest BCUT2D eigenvalue weighted by Gasteiger charge is 2.09. The number of amides is 1. The molecule has 2 aromatic carbocycles. The van der Waals surface area contributed by atoms with Gasteiger partial charge in [-0.05, 0) is 53.3 Å². The van der Waals surface area contributed by atoms with Crippen molar-refractivity contribution in [3.8, 4) is 0 Å². The van der Waals surface area contributed by atoms with Crippen molar-refractivity contribution in [3.63, 3.8) is 0 Å². The summed E-state index contributed by atoms with van der Waals surface area (Å²) in [6, 6.07) is 12.5. The fourth-order valence-electron chi connectivity index (χ4n) is 1.93. The molecule has 0 aromatic heterocycles. The lowest BCUT2D eigenvalue weighted by Crippen LogP contribution is -2.26. The van der Waals surface area contributed by atoms with Crippen molar-refractivity contribution in [2.45, 2.75) is 12.7 Å². The Kier molecular flexibility index (Phi) is 6.70. The van der Waals surface area contributed by atoms with Crippen LogP contribution in [0, 0.1) is 16.3 Å². The van der Waals surface area contributed by atoms with Crippen LogP contribution in [0.3, 0.4) is 0 Å². The molecule has 0 aliphatic rings. The predicted molar refractivity (Wildman–Crippen MR) is 98.8 cm³/mol. The molecule has 0 bridgehead atoms. The van der Waals surface area contributed by atoms with Crippen molar-refractivity contribution in [1.29, 1.82) is 0 Å². The van der Waals surface area contributed by atoms with Crippen molar-refractivity contribution in [2.24, 2.45) is 0 Å². The Labute approximate surface area is 148 Å². The van der Waals surface area contributed by atoms with Crippen LogP contribution in [-0.2, 0) is 5.75 Å². The Hall–Kier alpha value is -1.08. The third kappa shape index (κ3) is 4.98. The average molecular weight is 429 g/mol. The van der Waals surface area contributed by atoms with E-state index in [0.29, 0.717) is 23.4 Å². The van der Waals surface area contributed by atoms with Crippen LogP contribution in [0.15, 0.2) is 42.5 Å². The molecular weight excluding hydrogens is 412 g/mol. The Balaban J connectivity index is 1.75. The van der Waals surface area contributed by atoms with E-state index in [-0.39, 0.29) is 11.7 Å². The van der Waals surface area contributed by atoms with E-state index in [9.17, 15) is 9.18 Å². The molecule has 2 rings (SSSR count). The van der Waals surface area contributed by atoms with Gasteiger partial charge < -0.3 is 5.32 Å². The van der Waals surface area contributed by atoms with Crippen LogP contribution in [0.4, 0.5) is 4.39 Å². The normalized spacial score (nSPS) is 10.5. The first-order valence-electron chi connectivity index (χ1n) is 6.93. The molecule has 0 aliphatic heterocycles. The third-order valence-electron chi connectivity index (χ3n) is 3.12. The fraction of sp³-hybridized carbons (Fsp3) is 0.235. The zero-order valence-electron chi connectivity index (χ0n) is 12.2. The number of carbonyl (C=O) groups excluding carboxylic acids is 1. The lowest BCUT2D eigenvalue weighted by atomic mass is 10.1. The maximum absolute atomic E-state index is 13.4. The zero-order valence-corrected chi connectivity index (χ0v) is 15.2. The average Bonchev–Trinajstić information content (AvgIpc) is 2.48. The van der Waals surface area contributed by atoms with Gasteiger partial charge in [0.25, 0.3) is 5.91 Å². The van der Waals surface area contributed by atoms with Crippen LogP contribution in [-0.4, -0.2) is 18.2 Å². The van der Waals surface area contributed by atoms with Gasteiger partial charge in [0, 0.05) is 21.6 Å². The summed E-state index contributed by atoms with van der Waals surface area (Å²) in [6.45, 7) is 2.57. The van der Waals surface area contributed by atoms with E-state index in [0.717, 1.165) is 14.9 Å². The molecule has 116 valence electrons. The SMILES string of the molecule is Cc1ccc(C(=O)NCCSCc2ccccc2F)c(I)c1. The van der Waals surface area contributed by atoms with Gasteiger partial charge in [-0.1, -0.05) is 29.8 Å². The van der Waals surface area contributed by atoms with Gasteiger partial charge in [0.15, 0.2) is 0 Å². The van der Waals surface area contributed by atoms with Crippen molar-refractivity contribution in [2.75, 3.05) is 12.3 Å². The molecule has 22 heavy (non-hydrogen) atoms. The Morgan fingerprint density at radius 3 is 2.77 bits per heavy atom. The number of halogens is 2. The van der Waals surface area contributed by atoms with Crippen LogP contribution in [0.1, 0.15) is 21.5 Å². The second kappa shape index (κ2) is 8.53. The number of benzene rings is 2. The van der Waals surface area contributed by atoms with E-state index >= 15 is 0 Å². The number of aryl methyl sites for hydroxylation is 1. The van der Waals surface area contributed by atoms with E-state index < -0.39 is 0 Å². The summed E-state index contributed by atoms with van der Waals surface area (Å²) in [5.74, 6) is 1.14. The van der Waals surface area contributed by atoms with Gasteiger partial charge in [-0.15, -0.1) is 0 Å². The van der Waals surface area contributed by atoms with Crippen LogP contribution >= 0.6 is 34.4 Å². The highest BCUT2D eigenvalue weighted by Crippen LogP contribution is 2.16. The smallest absolute Gasteiger partial charge is 0.252 e. The van der Waals surface area contributed by atoms with Gasteiger partial charge in [-0.25, -0.2) is 4.39 Å². The molecule has 0 saturated heterocycles. The molecule has 0 spiro atoms. The largest absolute Gasteiger partial charge is 0.351 e. The summed E-state index contributed by atoms with van der Waals surface area (Å²) in [4.78, 5) is 12.1. The van der Waals surface area contributed by atoms with Crippen molar-refractivity contribution in [1.82, 2.24) is 5.32 Å². The summed E-state index contributed by atoms with van der Waals surface area (Å²) in [5, 5.41) is 2.90. The lowest BCUT2D eigenvalue weighted by Gasteiger charge is -2.08. The van der Waals surface area contributed by atoms with Crippen LogP contribution in [0.2, 0.25) is 0 Å². The van der Waals surface area contributed by atoms with Crippen molar-refractivity contribution < 1.29 is 9.18 Å². The number of nitrogens with one attached hydrogen (secondary N) is 1. The molecule has 1 amide bonds. The molecule has 2 nitrogen and oxygen atoms in total. The standard InChI is InChI=1S/C17H17FINOS/c1-12-6-7-14(16(19)10-12)17(21)20-8-9-22-11-13-4-2-3-5-15(13)18/h2-7,10H,8-9,11H2,1H3,(H,20,21). The van der Waals surface area contributed by atoms with E-state index in [1.165, 1.54) is 6.07 Å². The van der Waals surface area contributed by atoms with Gasteiger partial charge in [-0.3, -0.25) is 4.79 Å². The fourth-order valence-corrected chi connectivity index (χ4v) is 3.69. The summed E-state index contributed by atoms with van der Waals surface area (Å²) in [7, 11) is 0. The molecule has 0 heterocycles. The maximum Gasteiger partial charge on any atom is 0.252 e. The second-order valence-corrected chi connectivity index (χ2v) is 7.15. The van der Waals surface area contributed by atoms with Gasteiger partial charge >= 0.3 is 0 Å². The minimum absolute atomic E-state index is 0.0594. The van der Waals surface area contributed by atoms with Gasteiger partial charge in [0.05, 0.1) is 5.56 Å². The van der Waals surface area contributed by atoms with Gasteiger partial charge in [0.2, 0.25) is 0 Å². The van der Waals surface area contributed by atoms with Crippen LogP contribution < -0.4 is 5.32 Å². The van der Waals surface area contributed by atoms with Gasteiger partial charge in [-0.2, -0.15) is 11.8 Å². The summed E-state index contributed by atoms with van der Waals surface area (Å²) in [6.07, 6.45) is 0. The summed E-state index contributed by atoms with van der Waals surface area (Å²) >= 11 is 3.78. The molecule has 2 aromatic rings. The van der Waals surface area contributed by atoms with E-state index in [1.54, 1.807) is 23.9 Å². The first kappa shape index (κ1) is 17.3. The molecule has 5 heteroatoms. The minimum Gasteiger partial charge on any atom is -0.351 e. The summed E-state index contributed by atoms with van der Waals surface area (Å²) in [5.41, 5.74) is 2.54. The quantitative estimate of drug-likeness (QED) is 0.545. The topological polar surface area (TPSA) is 29.1 Å². The molecule has 0 atom stereocenters. The first-order valence-corrected chi connectivity index (χ1v) is 9.17. The number of rotatable bonds is 6. The molecule has 1 N–H and O–H groups in total. The number of hydrogen-bond acceptors (Lipinski definition) is 2. The maximum atomic E-state index is 13.4. The molecule has 0 radical (unpaired) electrons. The number of hydrogen-bond donors (Lipinski definition) is 1. The molecular formula is C17H17FINOS. The van der Waals surface area contributed by atoms with Crippen LogP contribution in [0.5, 0.6) is 0 Å². The summed E-state index contributed by atoms with van der Waals surface area (Å²) < 4.78 is 14.4. The van der Waals surface area contributed by atoms with Crippen molar-refractivity contribution >= 4 is 40.3 Å². The number of thioether (sulfide) groups is 1. The van der Waals surface area contributed by atoms with E-state index in [2.05, 4.69) is 27.9 Å². The molecule has 0 saturated carbocycles. The molecule has 0 aliphatic carbocycles. The van der Waals surface area contributed by atoms with E-state index in [1.807, 2.05) is 31.2 Å². The molecule has 0 fully saturated rings. The minimum atomic E-state index is -0.173. The molecule has 0 unspecified atom stereocenters.